The van der Waals surface area contributed by atoms with E-state index in [0.29, 0.717) is 31.2 Å². The number of piperazine rings is 1. The van der Waals surface area contributed by atoms with Crippen LogP contribution in [-0.2, 0) is 6.54 Å². The Balaban J connectivity index is 1.69. The van der Waals surface area contributed by atoms with E-state index < -0.39 is 0 Å². The van der Waals surface area contributed by atoms with Crippen molar-refractivity contribution in [2.45, 2.75) is 26.3 Å². The van der Waals surface area contributed by atoms with Crippen LogP contribution in [0.2, 0.25) is 0 Å². The molecule has 1 saturated heterocycles. The first-order chi connectivity index (χ1) is 15.1. The van der Waals surface area contributed by atoms with Crippen LogP contribution in [0, 0.1) is 0 Å². The molecule has 0 saturated carbocycles. The van der Waals surface area contributed by atoms with Crippen LogP contribution in [0.15, 0.2) is 30.5 Å². The molecule has 1 aliphatic heterocycles. The summed E-state index contributed by atoms with van der Waals surface area (Å²) in [6.07, 6.45) is 1.80. The van der Waals surface area contributed by atoms with Gasteiger partial charge in [0.05, 0.1) is 11.9 Å². The SMILES string of the molecule is CNNc1ccccc1CNc1nc(C(=O)N2CCNCC2)nc2c(C(C)C)cnn12. The summed E-state index contributed by atoms with van der Waals surface area (Å²) in [6.45, 7) is 7.53. The maximum atomic E-state index is 13.1. The highest BCUT2D eigenvalue weighted by Crippen LogP contribution is 2.22. The van der Waals surface area contributed by atoms with Gasteiger partial charge < -0.3 is 21.0 Å². The Labute approximate surface area is 181 Å². The van der Waals surface area contributed by atoms with Crippen molar-refractivity contribution < 1.29 is 4.79 Å². The number of amides is 1. The number of hydrazine groups is 1. The normalized spacial score (nSPS) is 14.3. The molecule has 4 rings (SSSR count). The zero-order chi connectivity index (χ0) is 21.8. The number of nitrogens with zero attached hydrogens (tertiary/aromatic N) is 5. The van der Waals surface area contributed by atoms with Gasteiger partial charge in [-0.25, -0.2) is 10.4 Å². The summed E-state index contributed by atoms with van der Waals surface area (Å²) in [5, 5.41) is 11.1. The first-order valence-corrected chi connectivity index (χ1v) is 10.6. The summed E-state index contributed by atoms with van der Waals surface area (Å²) in [5.74, 6) is 0.763. The van der Waals surface area contributed by atoms with Crippen LogP contribution in [0.4, 0.5) is 11.6 Å². The van der Waals surface area contributed by atoms with Crippen molar-refractivity contribution in [3.63, 3.8) is 0 Å². The lowest BCUT2D eigenvalue weighted by atomic mass is 10.1. The highest BCUT2D eigenvalue weighted by atomic mass is 16.2. The van der Waals surface area contributed by atoms with E-state index in [9.17, 15) is 4.79 Å². The van der Waals surface area contributed by atoms with E-state index in [0.717, 1.165) is 29.9 Å². The number of hydrogen-bond donors (Lipinski definition) is 4. The molecule has 0 atom stereocenters. The van der Waals surface area contributed by atoms with E-state index in [2.05, 4.69) is 50.4 Å². The molecule has 2 aromatic heterocycles. The average molecular weight is 424 g/mol. The Hall–Kier alpha value is -3.24. The molecule has 4 N–H and O–H groups in total. The summed E-state index contributed by atoms with van der Waals surface area (Å²) in [7, 11) is 1.82. The Kier molecular flexibility index (Phi) is 6.28. The molecule has 10 nitrogen and oxygen atoms in total. The maximum Gasteiger partial charge on any atom is 0.291 e. The second-order valence-electron chi connectivity index (χ2n) is 7.79. The Morgan fingerprint density at radius 3 is 2.71 bits per heavy atom. The van der Waals surface area contributed by atoms with Gasteiger partial charge in [-0.1, -0.05) is 32.0 Å². The predicted octanol–water partition coefficient (Wildman–Crippen LogP) is 1.45. The first-order valence-electron chi connectivity index (χ1n) is 10.6. The quantitative estimate of drug-likeness (QED) is 0.423. The lowest BCUT2D eigenvalue weighted by Gasteiger charge is -2.26. The molecule has 0 radical (unpaired) electrons. The second-order valence-corrected chi connectivity index (χ2v) is 7.79. The largest absolute Gasteiger partial charge is 0.350 e. The minimum absolute atomic E-state index is 0.153. The van der Waals surface area contributed by atoms with Crippen molar-refractivity contribution in [1.29, 1.82) is 0 Å². The molecule has 0 aliphatic carbocycles. The molecular formula is C21H29N9O. The van der Waals surface area contributed by atoms with Crippen LogP contribution in [0.25, 0.3) is 5.65 Å². The number of hydrogen-bond acceptors (Lipinski definition) is 8. The fraction of sp³-hybridized carbons (Fsp3) is 0.429. The molecule has 1 aliphatic rings. The summed E-state index contributed by atoms with van der Waals surface area (Å²) in [5.41, 5.74) is 9.74. The van der Waals surface area contributed by atoms with Crippen LogP contribution in [0.5, 0.6) is 0 Å². The minimum atomic E-state index is -0.153. The number of nitrogens with one attached hydrogen (secondary N) is 4. The third-order valence-corrected chi connectivity index (χ3v) is 5.33. The molecule has 0 bridgehead atoms. The molecule has 10 heteroatoms. The van der Waals surface area contributed by atoms with Crippen LogP contribution in [0.1, 0.15) is 41.5 Å². The number of carbonyl (C=O) groups is 1. The van der Waals surface area contributed by atoms with Crippen LogP contribution in [0.3, 0.4) is 0 Å². The van der Waals surface area contributed by atoms with E-state index in [-0.39, 0.29) is 17.6 Å². The Bertz CT molecular complexity index is 1060. The van der Waals surface area contributed by atoms with Gasteiger partial charge in [0, 0.05) is 45.3 Å². The van der Waals surface area contributed by atoms with Crippen molar-refractivity contribution in [1.82, 2.24) is 35.2 Å². The number of benzene rings is 1. The fourth-order valence-corrected chi connectivity index (χ4v) is 3.63. The topological polar surface area (TPSA) is 112 Å². The van der Waals surface area contributed by atoms with E-state index in [1.54, 1.807) is 15.6 Å². The molecule has 3 aromatic rings. The number of aromatic nitrogens is 4. The maximum absolute atomic E-state index is 13.1. The van der Waals surface area contributed by atoms with Crippen molar-refractivity contribution in [2.24, 2.45) is 0 Å². The summed E-state index contributed by atoms with van der Waals surface area (Å²) < 4.78 is 1.68. The monoisotopic (exact) mass is 423 g/mol. The van der Waals surface area contributed by atoms with Gasteiger partial charge in [-0.15, -0.1) is 0 Å². The molecule has 0 unspecified atom stereocenters. The Morgan fingerprint density at radius 1 is 1.19 bits per heavy atom. The lowest BCUT2D eigenvalue weighted by molar-refractivity contribution is 0.0723. The fourth-order valence-electron chi connectivity index (χ4n) is 3.63. The van der Waals surface area contributed by atoms with Gasteiger partial charge in [0.15, 0.2) is 5.65 Å². The third-order valence-electron chi connectivity index (χ3n) is 5.33. The van der Waals surface area contributed by atoms with Crippen molar-refractivity contribution in [3.8, 4) is 0 Å². The summed E-state index contributed by atoms with van der Waals surface area (Å²) in [6, 6.07) is 7.98. The van der Waals surface area contributed by atoms with Crippen molar-refractivity contribution in [3.05, 3.63) is 47.4 Å². The smallest absolute Gasteiger partial charge is 0.291 e. The molecule has 1 amide bonds. The molecular weight excluding hydrogens is 394 g/mol. The number of carbonyl (C=O) groups excluding carboxylic acids is 1. The molecule has 31 heavy (non-hydrogen) atoms. The zero-order valence-corrected chi connectivity index (χ0v) is 18.1. The summed E-state index contributed by atoms with van der Waals surface area (Å²) in [4.78, 5) is 24.1. The number of rotatable bonds is 7. The van der Waals surface area contributed by atoms with Gasteiger partial charge in [0.25, 0.3) is 5.91 Å². The first kappa shape index (κ1) is 21.0. The van der Waals surface area contributed by atoms with Crippen LogP contribution >= 0.6 is 0 Å². The summed E-state index contributed by atoms with van der Waals surface area (Å²) >= 11 is 0. The van der Waals surface area contributed by atoms with Gasteiger partial charge in [0.2, 0.25) is 11.8 Å². The molecule has 164 valence electrons. The average Bonchev–Trinajstić information content (AvgIpc) is 3.23. The van der Waals surface area contributed by atoms with Crippen molar-refractivity contribution >= 4 is 23.2 Å². The standard InChI is InChI=1S/C21H29N9O/c1-14(2)16-13-25-30-19(16)26-18(20(31)29-10-8-23-9-11-29)27-21(30)24-12-15-6-4-5-7-17(15)28-22-3/h4-7,13-14,22-23,28H,8-12H2,1-3H3,(H,24,26,27). The zero-order valence-electron chi connectivity index (χ0n) is 18.1. The molecule has 1 fully saturated rings. The molecule has 0 spiro atoms. The van der Waals surface area contributed by atoms with E-state index in [1.807, 2.05) is 31.3 Å². The van der Waals surface area contributed by atoms with Crippen LogP contribution < -0.4 is 21.5 Å². The van der Waals surface area contributed by atoms with Gasteiger partial charge in [0.1, 0.15) is 0 Å². The number of para-hydroxylation sites is 1. The van der Waals surface area contributed by atoms with E-state index >= 15 is 0 Å². The van der Waals surface area contributed by atoms with Crippen LogP contribution in [-0.4, -0.2) is 63.6 Å². The number of anilines is 2. The van der Waals surface area contributed by atoms with Gasteiger partial charge in [-0.05, 0) is 17.5 Å². The Morgan fingerprint density at radius 2 is 1.97 bits per heavy atom. The second kappa shape index (κ2) is 9.27. The van der Waals surface area contributed by atoms with E-state index in [4.69, 9.17) is 0 Å². The lowest BCUT2D eigenvalue weighted by Crippen LogP contribution is -2.46. The van der Waals surface area contributed by atoms with E-state index in [1.165, 1.54) is 0 Å². The van der Waals surface area contributed by atoms with Gasteiger partial charge >= 0.3 is 0 Å². The third kappa shape index (κ3) is 4.44. The molecule has 3 heterocycles. The van der Waals surface area contributed by atoms with Gasteiger partial charge in [-0.2, -0.15) is 14.6 Å². The number of fused-ring (bicyclic) bond motifs is 1. The van der Waals surface area contributed by atoms with Crippen molar-refractivity contribution in [2.75, 3.05) is 44.0 Å². The molecule has 1 aromatic carbocycles. The predicted molar refractivity (Wildman–Crippen MR) is 120 cm³/mol. The van der Waals surface area contributed by atoms with Gasteiger partial charge in [-0.3, -0.25) is 4.79 Å². The highest BCUT2D eigenvalue weighted by molar-refractivity contribution is 5.91. The minimum Gasteiger partial charge on any atom is -0.350 e. The highest BCUT2D eigenvalue weighted by Gasteiger charge is 2.24.